The summed E-state index contributed by atoms with van der Waals surface area (Å²) in [7, 11) is 1.67. The molecule has 1 aromatic heterocycles. The Morgan fingerprint density at radius 3 is 2.83 bits per heavy atom. The fraction of sp³-hybridized carbons (Fsp3) is 0.231. The molecule has 18 heavy (non-hydrogen) atoms. The highest BCUT2D eigenvalue weighted by atomic mass is 16.5. The van der Waals surface area contributed by atoms with Crippen LogP contribution in [-0.2, 0) is 11.3 Å². The van der Waals surface area contributed by atoms with E-state index < -0.39 is 0 Å². The molecule has 94 valence electrons. The lowest BCUT2D eigenvalue weighted by Gasteiger charge is -2.12. The third-order valence-corrected chi connectivity index (χ3v) is 2.69. The normalized spacial score (nSPS) is 10.3. The van der Waals surface area contributed by atoms with Gasteiger partial charge in [0.15, 0.2) is 0 Å². The first-order chi connectivity index (χ1) is 8.72. The van der Waals surface area contributed by atoms with E-state index in [0.717, 1.165) is 16.8 Å². The molecule has 1 aromatic carbocycles. The van der Waals surface area contributed by atoms with Crippen molar-refractivity contribution in [2.45, 2.75) is 13.5 Å². The maximum Gasteiger partial charge on any atom is 0.138 e. The molecule has 5 heteroatoms. The molecule has 0 fully saturated rings. The highest BCUT2D eigenvalue weighted by Crippen LogP contribution is 2.23. The van der Waals surface area contributed by atoms with Crippen LogP contribution in [0.15, 0.2) is 30.6 Å². The maximum absolute atomic E-state index is 5.76. The number of nitrogens with one attached hydrogen (secondary N) is 1. The van der Waals surface area contributed by atoms with E-state index in [4.69, 9.17) is 10.5 Å². The molecule has 0 bridgehead atoms. The Bertz CT molecular complexity index is 542. The quantitative estimate of drug-likeness (QED) is 0.863. The molecule has 0 spiro atoms. The predicted octanol–water partition coefficient (Wildman–Crippen LogP) is 2.26. The lowest BCUT2D eigenvalue weighted by molar-refractivity contribution is 0.185. The molecule has 0 aliphatic rings. The van der Waals surface area contributed by atoms with Crippen molar-refractivity contribution >= 4 is 17.3 Å². The molecule has 0 saturated heterocycles. The summed E-state index contributed by atoms with van der Waals surface area (Å²) in [5, 5.41) is 3.26. The molecule has 0 saturated carbocycles. The Morgan fingerprint density at radius 1 is 1.28 bits per heavy atom. The number of hydrogen-bond donors (Lipinski definition) is 2. The highest BCUT2D eigenvalue weighted by molar-refractivity contribution is 5.65. The molecule has 0 aliphatic heterocycles. The zero-order valence-corrected chi connectivity index (χ0v) is 10.5. The minimum Gasteiger partial charge on any atom is -0.383 e. The van der Waals surface area contributed by atoms with Crippen LogP contribution in [0.2, 0.25) is 0 Å². The fourth-order valence-corrected chi connectivity index (χ4v) is 1.64. The fourth-order valence-electron chi connectivity index (χ4n) is 1.64. The molecule has 0 radical (unpaired) electrons. The van der Waals surface area contributed by atoms with Gasteiger partial charge < -0.3 is 15.8 Å². The number of nitrogens with two attached hydrogens (primary N) is 1. The summed E-state index contributed by atoms with van der Waals surface area (Å²) in [4.78, 5) is 8.13. The third kappa shape index (κ3) is 2.57. The first-order valence-electron chi connectivity index (χ1n) is 5.63. The van der Waals surface area contributed by atoms with Crippen molar-refractivity contribution in [3.63, 3.8) is 0 Å². The van der Waals surface area contributed by atoms with Gasteiger partial charge in [-0.05, 0) is 13.0 Å². The summed E-state index contributed by atoms with van der Waals surface area (Å²) in [6.07, 6.45) is 1.45. The number of ether oxygens (including phenoxy) is 1. The average molecular weight is 244 g/mol. The van der Waals surface area contributed by atoms with Crippen LogP contribution in [0.4, 0.5) is 17.3 Å². The summed E-state index contributed by atoms with van der Waals surface area (Å²) < 4.78 is 5.16. The molecule has 0 aliphatic carbocycles. The van der Waals surface area contributed by atoms with E-state index in [9.17, 15) is 0 Å². The molecule has 0 atom stereocenters. The van der Waals surface area contributed by atoms with Crippen molar-refractivity contribution in [2.75, 3.05) is 18.2 Å². The first-order valence-corrected chi connectivity index (χ1v) is 5.63. The van der Waals surface area contributed by atoms with Crippen LogP contribution < -0.4 is 11.1 Å². The smallest absolute Gasteiger partial charge is 0.138 e. The second-order valence-electron chi connectivity index (χ2n) is 3.95. The van der Waals surface area contributed by atoms with Gasteiger partial charge in [-0.15, -0.1) is 0 Å². The standard InChI is InChI=1S/C13H16N4O/c1-9-12(14)15-8-16-13(9)17-11-6-4-3-5-10(11)7-18-2/h3-6,8H,7H2,1-2H3,(H3,14,15,16,17). The summed E-state index contributed by atoms with van der Waals surface area (Å²) in [5.74, 6) is 1.20. The first kappa shape index (κ1) is 12.3. The number of aromatic nitrogens is 2. The van der Waals surface area contributed by atoms with Gasteiger partial charge in [-0.1, -0.05) is 18.2 Å². The zero-order chi connectivity index (χ0) is 13.0. The van der Waals surface area contributed by atoms with Crippen molar-refractivity contribution in [3.05, 3.63) is 41.7 Å². The number of methoxy groups -OCH3 is 1. The molecular formula is C13H16N4O. The van der Waals surface area contributed by atoms with Gasteiger partial charge in [0.2, 0.25) is 0 Å². The van der Waals surface area contributed by atoms with Crippen LogP contribution in [0.1, 0.15) is 11.1 Å². The summed E-state index contributed by atoms with van der Waals surface area (Å²) in [6.45, 7) is 2.43. The lowest BCUT2D eigenvalue weighted by atomic mass is 10.2. The number of nitrogen functional groups attached to an aromatic ring is 1. The second-order valence-corrected chi connectivity index (χ2v) is 3.95. The van der Waals surface area contributed by atoms with Gasteiger partial charge >= 0.3 is 0 Å². The molecule has 2 aromatic rings. The predicted molar refractivity (Wildman–Crippen MR) is 71.6 cm³/mol. The van der Waals surface area contributed by atoms with Gasteiger partial charge in [0.1, 0.15) is 18.0 Å². The molecule has 3 N–H and O–H groups in total. The van der Waals surface area contributed by atoms with E-state index in [1.165, 1.54) is 6.33 Å². The van der Waals surface area contributed by atoms with E-state index in [0.29, 0.717) is 18.2 Å². The van der Waals surface area contributed by atoms with Gasteiger partial charge in [-0.25, -0.2) is 9.97 Å². The lowest BCUT2D eigenvalue weighted by Crippen LogP contribution is -2.04. The zero-order valence-electron chi connectivity index (χ0n) is 10.5. The van der Waals surface area contributed by atoms with Crippen LogP contribution in [0, 0.1) is 6.92 Å². The van der Waals surface area contributed by atoms with E-state index in [1.54, 1.807) is 7.11 Å². The maximum atomic E-state index is 5.76. The number of nitrogens with zero attached hydrogens (tertiary/aromatic N) is 2. The van der Waals surface area contributed by atoms with Gasteiger partial charge in [-0.3, -0.25) is 0 Å². The Balaban J connectivity index is 2.31. The number of para-hydroxylation sites is 1. The Morgan fingerprint density at radius 2 is 2.06 bits per heavy atom. The van der Waals surface area contributed by atoms with Gasteiger partial charge in [0.25, 0.3) is 0 Å². The summed E-state index contributed by atoms with van der Waals surface area (Å²) in [5.41, 5.74) is 8.62. The van der Waals surface area contributed by atoms with Crippen molar-refractivity contribution in [1.29, 1.82) is 0 Å². The SMILES string of the molecule is COCc1ccccc1Nc1ncnc(N)c1C. The Labute approximate surface area is 106 Å². The molecule has 1 heterocycles. The summed E-state index contributed by atoms with van der Waals surface area (Å²) >= 11 is 0. The van der Waals surface area contributed by atoms with Crippen molar-refractivity contribution < 1.29 is 4.74 Å². The van der Waals surface area contributed by atoms with E-state index >= 15 is 0 Å². The van der Waals surface area contributed by atoms with E-state index in [1.807, 2.05) is 31.2 Å². The van der Waals surface area contributed by atoms with Crippen LogP contribution in [0.5, 0.6) is 0 Å². The average Bonchev–Trinajstić information content (AvgIpc) is 2.37. The van der Waals surface area contributed by atoms with Crippen molar-refractivity contribution in [3.8, 4) is 0 Å². The number of anilines is 3. The monoisotopic (exact) mass is 244 g/mol. The number of benzene rings is 1. The number of hydrogen-bond acceptors (Lipinski definition) is 5. The van der Waals surface area contributed by atoms with Gasteiger partial charge in [-0.2, -0.15) is 0 Å². The molecular weight excluding hydrogens is 228 g/mol. The second kappa shape index (κ2) is 5.46. The van der Waals surface area contributed by atoms with Crippen LogP contribution in [0.3, 0.4) is 0 Å². The van der Waals surface area contributed by atoms with E-state index in [-0.39, 0.29) is 0 Å². The molecule has 2 rings (SSSR count). The summed E-state index contributed by atoms with van der Waals surface area (Å²) in [6, 6.07) is 7.92. The molecule has 0 amide bonds. The van der Waals surface area contributed by atoms with Gasteiger partial charge in [0, 0.05) is 23.9 Å². The largest absolute Gasteiger partial charge is 0.383 e. The van der Waals surface area contributed by atoms with Crippen LogP contribution in [-0.4, -0.2) is 17.1 Å². The van der Waals surface area contributed by atoms with Crippen molar-refractivity contribution in [1.82, 2.24) is 9.97 Å². The topological polar surface area (TPSA) is 73.1 Å². The molecule has 0 unspecified atom stereocenters. The van der Waals surface area contributed by atoms with Crippen molar-refractivity contribution in [2.24, 2.45) is 0 Å². The highest BCUT2D eigenvalue weighted by Gasteiger charge is 2.07. The van der Waals surface area contributed by atoms with E-state index in [2.05, 4.69) is 15.3 Å². The Kier molecular flexibility index (Phi) is 3.74. The molecule has 5 nitrogen and oxygen atoms in total. The minimum absolute atomic E-state index is 0.483. The Hall–Kier alpha value is -2.14. The van der Waals surface area contributed by atoms with Crippen LogP contribution >= 0.6 is 0 Å². The van der Waals surface area contributed by atoms with Crippen LogP contribution in [0.25, 0.3) is 0 Å². The minimum atomic E-state index is 0.483. The van der Waals surface area contributed by atoms with Gasteiger partial charge in [0.05, 0.1) is 6.61 Å². The third-order valence-electron chi connectivity index (χ3n) is 2.69. The number of rotatable bonds is 4.